The first-order chi connectivity index (χ1) is 13.9. The summed E-state index contributed by atoms with van der Waals surface area (Å²) in [5.41, 5.74) is 0.724. The summed E-state index contributed by atoms with van der Waals surface area (Å²) in [7, 11) is 3.56. The van der Waals surface area contributed by atoms with Crippen LogP contribution in [0.2, 0.25) is 5.02 Å². The normalized spacial score (nSPS) is 19.1. The number of anilines is 1. The van der Waals surface area contributed by atoms with E-state index in [9.17, 15) is 9.59 Å². The number of aryl methyl sites for hydroxylation is 1. The number of urea groups is 1. The van der Waals surface area contributed by atoms with Gasteiger partial charge >= 0.3 is 6.03 Å². The summed E-state index contributed by atoms with van der Waals surface area (Å²) in [4.78, 5) is 28.6. The molecule has 1 fully saturated rings. The summed E-state index contributed by atoms with van der Waals surface area (Å²) in [5, 5.41) is 12.3. The molecule has 1 aromatic heterocycles. The summed E-state index contributed by atoms with van der Waals surface area (Å²) < 4.78 is 2.04. The lowest BCUT2D eigenvalue weighted by Crippen LogP contribution is -2.41. The maximum absolute atomic E-state index is 12.6. The van der Waals surface area contributed by atoms with Gasteiger partial charge in [-0.15, -0.1) is 10.2 Å². The number of nitrogens with zero attached hydrogens (tertiary/aromatic N) is 5. The van der Waals surface area contributed by atoms with E-state index in [-0.39, 0.29) is 23.9 Å². The van der Waals surface area contributed by atoms with Gasteiger partial charge in [0.1, 0.15) is 17.7 Å². The molecule has 1 aromatic carbocycles. The summed E-state index contributed by atoms with van der Waals surface area (Å²) in [5.74, 6) is 2.06. The van der Waals surface area contributed by atoms with Crippen LogP contribution in [0, 0.1) is 0 Å². The van der Waals surface area contributed by atoms with Gasteiger partial charge < -0.3 is 19.7 Å². The molecular formula is C20H25ClN6O2. The largest absolute Gasteiger partial charge is 0.347 e. The molecule has 0 bridgehead atoms. The van der Waals surface area contributed by atoms with Crippen molar-refractivity contribution in [2.24, 2.45) is 0 Å². The van der Waals surface area contributed by atoms with Gasteiger partial charge in [0.25, 0.3) is 0 Å². The van der Waals surface area contributed by atoms with Crippen LogP contribution < -0.4 is 5.32 Å². The first-order valence-electron chi connectivity index (χ1n) is 9.90. The van der Waals surface area contributed by atoms with E-state index >= 15 is 0 Å². The lowest BCUT2D eigenvalue weighted by atomic mass is 9.95. The monoisotopic (exact) mass is 416 g/mol. The highest BCUT2D eigenvalue weighted by Gasteiger charge is 2.36. The van der Waals surface area contributed by atoms with Crippen molar-refractivity contribution in [2.75, 3.05) is 32.5 Å². The standard InChI is InChI=1S/C20H25ClN6O2/c1-25(2)19(28)16-7-8-17-23-24-18(27(16)17)13-9-11-26(12-10-13)20(29)22-15-5-3-14(21)4-6-15/h3-6,13,16H,7-12H2,1-2H3,(H,22,29). The molecule has 0 radical (unpaired) electrons. The van der Waals surface area contributed by atoms with Crippen molar-refractivity contribution in [1.82, 2.24) is 24.6 Å². The van der Waals surface area contributed by atoms with Gasteiger partial charge in [0.15, 0.2) is 0 Å². The number of halogens is 1. The summed E-state index contributed by atoms with van der Waals surface area (Å²) in [6, 6.07) is 6.75. The minimum atomic E-state index is -0.212. The van der Waals surface area contributed by atoms with Crippen LogP contribution in [0.1, 0.15) is 42.9 Å². The van der Waals surface area contributed by atoms with Crippen LogP contribution in [0.3, 0.4) is 0 Å². The van der Waals surface area contributed by atoms with Crippen LogP contribution in [-0.2, 0) is 11.2 Å². The average molecular weight is 417 g/mol. The SMILES string of the molecule is CN(C)C(=O)C1CCc2nnc(C3CCN(C(=O)Nc4ccc(Cl)cc4)CC3)n21. The number of hydrogen-bond acceptors (Lipinski definition) is 4. The zero-order valence-electron chi connectivity index (χ0n) is 16.6. The molecule has 154 valence electrons. The molecule has 0 aliphatic carbocycles. The molecule has 0 saturated carbocycles. The molecule has 2 aliphatic rings. The zero-order valence-corrected chi connectivity index (χ0v) is 17.4. The lowest BCUT2D eigenvalue weighted by molar-refractivity contribution is -0.132. The van der Waals surface area contributed by atoms with Crippen molar-refractivity contribution < 1.29 is 9.59 Å². The molecule has 0 spiro atoms. The van der Waals surface area contributed by atoms with Gasteiger partial charge in [0, 0.05) is 50.2 Å². The van der Waals surface area contributed by atoms with E-state index < -0.39 is 0 Å². The van der Waals surface area contributed by atoms with Gasteiger partial charge in [0.2, 0.25) is 5.91 Å². The number of aromatic nitrogens is 3. The Hall–Kier alpha value is -2.61. The smallest absolute Gasteiger partial charge is 0.321 e. The molecule has 1 unspecified atom stereocenters. The second-order valence-electron chi connectivity index (χ2n) is 7.83. The minimum absolute atomic E-state index is 0.0876. The number of fused-ring (bicyclic) bond motifs is 1. The van der Waals surface area contributed by atoms with Gasteiger partial charge in [-0.1, -0.05) is 11.6 Å². The highest BCUT2D eigenvalue weighted by molar-refractivity contribution is 6.30. The van der Waals surface area contributed by atoms with Crippen LogP contribution in [0.25, 0.3) is 0 Å². The first kappa shape index (κ1) is 19.7. The van der Waals surface area contributed by atoms with Crippen molar-refractivity contribution in [2.45, 2.75) is 37.6 Å². The second-order valence-corrected chi connectivity index (χ2v) is 8.27. The fourth-order valence-corrected chi connectivity index (χ4v) is 4.26. The van der Waals surface area contributed by atoms with Crippen molar-refractivity contribution in [3.8, 4) is 0 Å². The third kappa shape index (κ3) is 3.94. The molecule has 1 atom stereocenters. The third-order valence-corrected chi connectivity index (χ3v) is 5.97. The number of likely N-dealkylation sites (N-methyl/N-ethyl adjacent to an activating group) is 1. The number of carbonyl (C=O) groups excluding carboxylic acids is 2. The minimum Gasteiger partial charge on any atom is -0.347 e. The molecule has 3 heterocycles. The number of amides is 3. The van der Waals surface area contributed by atoms with E-state index in [1.54, 1.807) is 43.3 Å². The fraction of sp³-hybridized carbons (Fsp3) is 0.500. The zero-order chi connectivity index (χ0) is 20.5. The van der Waals surface area contributed by atoms with Crippen LogP contribution in [-0.4, -0.2) is 63.7 Å². The van der Waals surface area contributed by atoms with E-state index in [2.05, 4.69) is 15.5 Å². The van der Waals surface area contributed by atoms with E-state index in [4.69, 9.17) is 11.6 Å². The number of nitrogens with one attached hydrogen (secondary N) is 1. The Morgan fingerprint density at radius 1 is 1.10 bits per heavy atom. The molecule has 2 aromatic rings. The number of hydrogen-bond donors (Lipinski definition) is 1. The van der Waals surface area contributed by atoms with Crippen LogP contribution >= 0.6 is 11.6 Å². The van der Waals surface area contributed by atoms with E-state index in [0.29, 0.717) is 18.1 Å². The van der Waals surface area contributed by atoms with Gasteiger partial charge in [0.05, 0.1) is 0 Å². The molecule has 8 nitrogen and oxygen atoms in total. The quantitative estimate of drug-likeness (QED) is 0.833. The highest BCUT2D eigenvalue weighted by Crippen LogP contribution is 2.34. The summed E-state index contributed by atoms with van der Waals surface area (Å²) in [6.07, 6.45) is 3.15. The summed E-state index contributed by atoms with van der Waals surface area (Å²) in [6.45, 7) is 1.27. The number of likely N-dealkylation sites (tertiary alicyclic amines) is 1. The highest BCUT2D eigenvalue weighted by atomic mass is 35.5. The predicted octanol–water partition coefficient (Wildman–Crippen LogP) is 2.92. The second kappa shape index (κ2) is 8.02. The average Bonchev–Trinajstić information content (AvgIpc) is 3.31. The molecular weight excluding hydrogens is 392 g/mol. The van der Waals surface area contributed by atoms with Crippen molar-refractivity contribution >= 4 is 29.2 Å². The van der Waals surface area contributed by atoms with Crippen molar-refractivity contribution in [3.63, 3.8) is 0 Å². The van der Waals surface area contributed by atoms with Gasteiger partial charge in [-0.2, -0.15) is 0 Å². The van der Waals surface area contributed by atoms with E-state index in [1.165, 1.54) is 0 Å². The van der Waals surface area contributed by atoms with Crippen molar-refractivity contribution in [3.05, 3.63) is 40.9 Å². The topological polar surface area (TPSA) is 83.4 Å². The number of benzene rings is 1. The first-order valence-corrected chi connectivity index (χ1v) is 10.3. The Labute approximate surface area is 174 Å². The fourth-order valence-electron chi connectivity index (χ4n) is 4.13. The number of piperidine rings is 1. The van der Waals surface area contributed by atoms with Crippen LogP contribution in [0.15, 0.2) is 24.3 Å². The number of rotatable bonds is 3. The van der Waals surface area contributed by atoms with Crippen LogP contribution in [0.5, 0.6) is 0 Å². The molecule has 29 heavy (non-hydrogen) atoms. The predicted molar refractivity (Wildman–Crippen MR) is 110 cm³/mol. The van der Waals surface area contributed by atoms with Crippen LogP contribution in [0.4, 0.5) is 10.5 Å². The molecule has 3 amide bonds. The van der Waals surface area contributed by atoms with Crippen molar-refractivity contribution in [1.29, 1.82) is 0 Å². The van der Waals surface area contributed by atoms with Gasteiger partial charge in [-0.05, 0) is 43.5 Å². The molecule has 9 heteroatoms. The Bertz CT molecular complexity index is 902. The number of carbonyl (C=O) groups is 2. The maximum Gasteiger partial charge on any atom is 0.321 e. The Morgan fingerprint density at radius 2 is 1.79 bits per heavy atom. The lowest BCUT2D eigenvalue weighted by Gasteiger charge is -2.32. The van der Waals surface area contributed by atoms with Gasteiger partial charge in [-0.3, -0.25) is 4.79 Å². The molecule has 4 rings (SSSR count). The molecule has 2 aliphatic heterocycles. The Kier molecular flexibility index (Phi) is 5.45. The summed E-state index contributed by atoms with van der Waals surface area (Å²) >= 11 is 5.89. The Morgan fingerprint density at radius 3 is 2.45 bits per heavy atom. The van der Waals surface area contributed by atoms with E-state index in [1.807, 2.05) is 9.47 Å². The molecule has 1 N–H and O–H groups in total. The van der Waals surface area contributed by atoms with Gasteiger partial charge in [-0.25, -0.2) is 4.79 Å². The maximum atomic E-state index is 12.6. The molecule has 1 saturated heterocycles. The Balaban J connectivity index is 1.40. The third-order valence-electron chi connectivity index (χ3n) is 5.71. The van der Waals surface area contributed by atoms with E-state index in [0.717, 1.165) is 43.0 Å².